The Hall–Kier alpha value is -3.83. The fourth-order valence-corrected chi connectivity index (χ4v) is 3.05. The summed E-state index contributed by atoms with van der Waals surface area (Å²) in [6.07, 6.45) is 0. The Kier molecular flexibility index (Phi) is 6.90. The van der Waals surface area contributed by atoms with Crippen LogP contribution in [0.15, 0.2) is 72.8 Å². The van der Waals surface area contributed by atoms with Gasteiger partial charge in [-0.15, -0.1) is 0 Å². The van der Waals surface area contributed by atoms with Gasteiger partial charge in [0.25, 0.3) is 5.91 Å². The van der Waals surface area contributed by atoms with Gasteiger partial charge in [-0.1, -0.05) is 37.1 Å². The van der Waals surface area contributed by atoms with Crippen LogP contribution in [0.25, 0.3) is 0 Å². The average molecular weight is 434 g/mol. The zero-order valence-corrected chi connectivity index (χ0v) is 17.4. The van der Waals surface area contributed by atoms with Gasteiger partial charge in [-0.05, 0) is 61.0 Å². The van der Waals surface area contributed by atoms with Crippen LogP contribution in [0.2, 0.25) is 0 Å². The largest absolute Gasteiger partial charge is 0.332 e. The molecule has 1 unspecified atom stereocenters. The molecule has 0 aliphatic heterocycles. The van der Waals surface area contributed by atoms with E-state index in [-0.39, 0.29) is 23.0 Å². The second-order valence-electron chi connectivity index (χ2n) is 6.69. The number of anilines is 2. The van der Waals surface area contributed by atoms with Gasteiger partial charge in [0.2, 0.25) is 0 Å². The van der Waals surface area contributed by atoms with Crippen molar-refractivity contribution in [3.63, 3.8) is 0 Å². The number of nitrogens with one attached hydrogen (secondary N) is 2. The molecule has 0 bridgehead atoms. The Morgan fingerprint density at radius 2 is 1.68 bits per heavy atom. The van der Waals surface area contributed by atoms with Crippen molar-refractivity contribution < 1.29 is 14.0 Å². The molecule has 3 aromatic carbocycles. The maximum atomic E-state index is 13.1. The molecule has 0 aliphatic carbocycles. The van der Waals surface area contributed by atoms with Crippen LogP contribution in [0.1, 0.15) is 34.5 Å². The van der Waals surface area contributed by atoms with Crippen molar-refractivity contribution in [2.24, 2.45) is 0 Å². The number of urea groups is 1. The van der Waals surface area contributed by atoms with E-state index < -0.39 is 11.9 Å². The van der Waals surface area contributed by atoms with Crippen molar-refractivity contribution in [3.8, 4) is 6.07 Å². The van der Waals surface area contributed by atoms with Crippen LogP contribution in [-0.4, -0.2) is 11.9 Å². The smallest absolute Gasteiger partial charge is 0.330 e. The number of amides is 3. The molecule has 0 fully saturated rings. The van der Waals surface area contributed by atoms with Crippen LogP contribution in [0.4, 0.5) is 20.6 Å². The third-order valence-corrected chi connectivity index (χ3v) is 4.98. The Morgan fingerprint density at radius 1 is 1.03 bits per heavy atom. The molecule has 0 aromatic heterocycles. The van der Waals surface area contributed by atoms with E-state index in [0.29, 0.717) is 11.4 Å². The molecule has 2 N–H and O–H groups in total. The van der Waals surface area contributed by atoms with Gasteiger partial charge in [0.1, 0.15) is 5.82 Å². The first-order valence-electron chi connectivity index (χ1n) is 9.34. The molecule has 0 heterocycles. The van der Waals surface area contributed by atoms with E-state index in [1.165, 1.54) is 12.1 Å². The molecule has 6 nitrogen and oxygen atoms in total. The molecule has 3 aromatic rings. The number of halogens is 1. The van der Waals surface area contributed by atoms with E-state index >= 15 is 0 Å². The van der Waals surface area contributed by atoms with Crippen LogP contribution in [0.5, 0.6) is 0 Å². The summed E-state index contributed by atoms with van der Waals surface area (Å²) in [4.78, 5) is 24.9. The molecule has 0 radical (unpaired) electrons. The number of carbonyl (C=O) groups is 2. The number of carbonyl (C=O) groups excluding carboxylic acids is 2. The van der Waals surface area contributed by atoms with Gasteiger partial charge in [0.05, 0.1) is 28.9 Å². The highest BCUT2D eigenvalue weighted by Gasteiger charge is 2.16. The summed E-state index contributed by atoms with van der Waals surface area (Å²) >= 11 is 4.24. The van der Waals surface area contributed by atoms with Crippen molar-refractivity contribution in [2.75, 3.05) is 9.62 Å². The quantitative estimate of drug-likeness (QED) is 0.490. The summed E-state index contributed by atoms with van der Waals surface area (Å²) in [6, 6.07) is 20.1. The number of hydrogen-bond donors (Lipinski definition) is 3. The molecule has 156 valence electrons. The molecule has 0 saturated heterocycles. The maximum Gasteiger partial charge on any atom is 0.332 e. The highest BCUT2D eigenvalue weighted by molar-refractivity contribution is 7.82. The van der Waals surface area contributed by atoms with Crippen LogP contribution < -0.4 is 14.9 Å². The maximum absolute atomic E-state index is 13.1. The number of hydrogen-bond acceptors (Lipinski definition) is 4. The molecule has 0 aliphatic rings. The minimum atomic E-state index is -0.458. The molecule has 31 heavy (non-hydrogen) atoms. The zero-order valence-electron chi connectivity index (χ0n) is 16.5. The first-order valence-corrected chi connectivity index (χ1v) is 9.74. The van der Waals surface area contributed by atoms with Crippen LogP contribution >= 0.6 is 12.8 Å². The van der Waals surface area contributed by atoms with Gasteiger partial charge in [-0.25, -0.2) is 13.5 Å². The standard InChI is InChI=1S/C23H19FN4O2S/c1-15(16-6-8-18(24)9-7-16)26-23(30)28(31)20-12-10-19(11-13-20)27-22(29)21-5-3-2-4-17(21)14-25/h2-13,15,31H,1H3,(H,26,30)(H,27,29). The zero-order chi connectivity index (χ0) is 22.4. The van der Waals surface area contributed by atoms with Crippen molar-refractivity contribution in [3.05, 3.63) is 95.3 Å². The Bertz CT molecular complexity index is 1130. The Balaban J connectivity index is 1.63. The minimum Gasteiger partial charge on any atom is -0.330 e. The second kappa shape index (κ2) is 9.78. The lowest BCUT2D eigenvalue weighted by Gasteiger charge is -2.21. The molecule has 0 spiro atoms. The van der Waals surface area contributed by atoms with E-state index in [2.05, 4.69) is 23.4 Å². The highest BCUT2D eigenvalue weighted by atomic mass is 32.1. The number of rotatable bonds is 5. The third kappa shape index (κ3) is 5.41. The fraction of sp³-hybridized carbons (Fsp3) is 0.0870. The van der Waals surface area contributed by atoms with Crippen molar-refractivity contribution in [2.45, 2.75) is 13.0 Å². The minimum absolute atomic E-state index is 0.277. The van der Waals surface area contributed by atoms with E-state index in [1.807, 2.05) is 6.07 Å². The first-order chi connectivity index (χ1) is 14.9. The Morgan fingerprint density at radius 3 is 2.32 bits per heavy atom. The molecule has 3 rings (SSSR count). The Labute approximate surface area is 184 Å². The normalized spacial score (nSPS) is 11.2. The fourth-order valence-electron chi connectivity index (χ4n) is 2.86. The molecule has 3 amide bonds. The number of nitriles is 1. The predicted octanol–water partition coefficient (Wildman–Crippen LogP) is 5.07. The van der Waals surface area contributed by atoms with E-state index in [9.17, 15) is 14.0 Å². The van der Waals surface area contributed by atoms with E-state index in [1.54, 1.807) is 67.6 Å². The number of thiol groups is 1. The SMILES string of the molecule is CC(NC(=O)N(S)c1ccc(NC(=O)c2ccccc2C#N)cc1)c1ccc(F)cc1. The summed E-state index contributed by atoms with van der Waals surface area (Å²) in [6.45, 7) is 1.78. The lowest BCUT2D eigenvalue weighted by atomic mass is 10.1. The van der Waals surface area contributed by atoms with E-state index in [4.69, 9.17) is 5.26 Å². The van der Waals surface area contributed by atoms with Gasteiger partial charge in [0.15, 0.2) is 0 Å². The summed E-state index contributed by atoms with van der Waals surface area (Å²) in [5.41, 5.74) is 2.31. The first kappa shape index (κ1) is 21.9. The van der Waals surface area contributed by atoms with Gasteiger partial charge in [0, 0.05) is 5.69 Å². The summed E-state index contributed by atoms with van der Waals surface area (Å²) < 4.78 is 14.2. The highest BCUT2D eigenvalue weighted by Crippen LogP contribution is 2.22. The topological polar surface area (TPSA) is 85.2 Å². The van der Waals surface area contributed by atoms with Gasteiger partial charge >= 0.3 is 6.03 Å². The lowest BCUT2D eigenvalue weighted by Crippen LogP contribution is -2.35. The van der Waals surface area contributed by atoms with Crippen molar-refractivity contribution >= 4 is 36.1 Å². The van der Waals surface area contributed by atoms with Gasteiger partial charge in [-0.3, -0.25) is 4.79 Å². The van der Waals surface area contributed by atoms with Gasteiger partial charge < -0.3 is 10.6 Å². The van der Waals surface area contributed by atoms with Crippen molar-refractivity contribution in [1.29, 1.82) is 5.26 Å². The van der Waals surface area contributed by atoms with E-state index in [0.717, 1.165) is 9.87 Å². The second-order valence-corrected chi connectivity index (χ2v) is 7.09. The lowest BCUT2D eigenvalue weighted by molar-refractivity contribution is 0.102. The summed E-state index contributed by atoms with van der Waals surface area (Å²) in [7, 11) is 0. The van der Waals surface area contributed by atoms with Crippen molar-refractivity contribution in [1.82, 2.24) is 5.32 Å². The molecule has 1 atom stereocenters. The summed E-state index contributed by atoms with van der Waals surface area (Å²) in [5.74, 6) is -0.750. The number of benzene rings is 3. The predicted molar refractivity (Wildman–Crippen MR) is 120 cm³/mol. The molecule has 8 heteroatoms. The average Bonchev–Trinajstić information content (AvgIpc) is 2.79. The third-order valence-electron chi connectivity index (χ3n) is 4.56. The van der Waals surface area contributed by atoms with Crippen LogP contribution in [0, 0.1) is 17.1 Å². The summed E-state index contributed by atoms with van der Waals surface area (Å²) in [5, 5.41) is 14.6. The van der Waals surface area contributed by atoms with Crippen LogP contribution in [-0.2, 0) is 0 Å². The van der Waals surface area contributed by atoms with Gasteiger partial charge in [-0.2, -0.15) is 5.26 Å². The molecule has 0 saturated carbocycles. The number of nitrogens with zero attached hydrogens (tertiary/aromatic N) is 2. The monoisotopic (exact) mass is 434 g/mol. The molecular formula is C23H19FN4O2S. The molecular weight excluding hydrogens is 415 g/mol. The van der Waals surface area contributed by atoms with Crippen LogP contribution in [0.3, 0.4) is 0 Å².